The molecule has 0 saturated heterocycles. The van der Waals surface area contributed by atoms with Gasteiger partial charge in [0.25, 0.3) is 0 Å². The Morgan fingerprint density at radius 2 is 1.82 bits per heavy atom. The van der Waals surface area contributed by atoms with Gasteiger partial charge in [0.15, 0.2) is 5.82 Å². The van der Waals surface area contributed by atoms with E-state index in [0.29, 0.717) is 17.9 Å². The van der Waals surface area contributed by atoms with Crippen molar-refractivity contribution in [2.24, 2.45) is 5.41 Å². The number of nitrogens with zero attached hydrogens (tertiary/aromatic N) is 1. The second kappa shape index (κ2) is 4.61. The summed E-state index contributed by atoms with van der Waals surface area (Å²) < 4.78 is 14.0. The zero-order valence-corrected chi connectivity index (χ0v) is 11.4. The van der Waals surface area contributed by atoms with Gasteiger partial charge < -0.3 is 16.4 Å². The first-order valence-corrected chi connectivity index (χ1v) is 5.75. The zero-order valence-electron chi connectivity index (χ0n) is 10.6. The van der Waals surface area contributed by atoms with Crippen LogP contribution in [0.3, 0.4) is 0 Å². The molecule has 0 fully saturated rings. The summed E-state index contributed by atoms with van der Waals surface area (Å²) in [6.45, 7) is 6.86. The molecule has 0 aromatic heterocycles. The van der Waals surface area contributed by atoms with Crippen molar-refractivity contribution in [2.45, 2.75) is 20.8 Å². The molecule has 0 unspecified atom stereocenters. The molecule has 4 N–H and O–H groups in total. The van der Waals surface area contributed by atoms with Crippen molar-refractivity contribution in [2.75, 3.05) is 30.0 Å². The van der Waals surface area contributed by atoms with Crippen LogP contribution < -0.4 is 16.4 Å². The van der Waals surface area contributed by atoms with Crippen molar-refractivity contribution in [1.29, 1.82) is 0 Å². The molecule has 3 nitrogen and oxygen atoms in total. The van der Waals surface area contributed by atoms with Crippen LogP contribution in [0.15, 0.2) is 6.07 Å². The van der Waals surface area contributed by atoms with Gasteiger partial charge in [-0.3, -0.25) is 0 Å². The highest BCUT2D eigenvalue weighted by Gasteiger charge is 2.21. The van der Waals surface area contributed by atoms with Crippen LogP contribution >= 0.6 is 11.6 Å². The fraction of sp³-hybridized carbons (Fsp3) is 0.500. The minimum absolute atomic E-state index is 0.0293. The Morgan fingerprint density at radius 1 is 1.29 bits per heavy atom. The molecule has 0 spiro atoms. The van der Waals surface area contributed by atoms with E-state index in [4.69, 9.17) is 23.1 Å². The summed E-state index contributed by atoms with van der Waals surface area (Å²) in [5.41, 5.74) is 12.1. The monoisotopic (exact) mass is 259 g/mol. The third-order valence-corrected chi connectivity index (χ3v) is 2.72. The molecular formula is C12H19ClFN3. The van der Waals surface area contributed by atoms with Crippen molar-refractivity contribution >= 4 is 28.7 Å². The Labute approximate surface area is 107 Å². The maximum Gasteiger partial charge on any atom is 0.169 e. The van der Waals surface area contributed by atoms with E-state index in [1.54, 1.807) is 11.9 Å². The second-order valence-corrected chi connectivity index (χ2v) is 5.83. The zero-order chi connectivity index (χ0) is 13.4. The lowest BCUT2D eigenvalue weighted by atomic mass is 9.96. The van der Waals surface area contributed by atoms with Crippen LogP contribution in [0.2, 0.25) is 5.02 Å². The molecule has 5 heteroatoms. The van der Waals surface area contributed by atoms with Gasteiger partial charge in [0.1, 0.15) is 5.02 Å². The quantitative estimate of drug-likeness (QED) is 0.803. The van der Waals surface area contributed by atoms with Crippen LogP contribution in [0.25, 0.3) is 0 Å². The number of anilines is 3. The number of halogens is 2. The molecular weight excluding hydrogens is 241 g/mol. The normalized spacial score (nSPS) is 11.6. The van der Waals surface area contributed by atoms with E-state index in [2.05, 4.69) is 20.8 Å². The van der Waals surface area contributed by atoms with Crippen molar-refractivity contribution in [3.63, 3.8) is 0 Å². The minimum atomic E-state index is -0.559. The van der Waals surface area contributed by atoms with E-state index in [1.165, 1.54) is 6.07 Å². The molecule has 0 aliphatic heterocycles. The lowest BCUT2D eigenvalue weighted by Gasteiger charge is -2.29. The average molecular weight is 260 g/mol. The summed E-state index contributed by atoms with van der Waals surface area (Å²) in [4.78, 5) is 1.76. The molecule has 0 amide bonds. The first-order valence-electron chi connectivity index (χ1n) is 5.37. The second-order valence-electron chi connectivity index (χ2n) is 5.45. The van der Waals surface area contributed by atoms with E-state index in [9.17, 15) is 4.39 Å². The van der Waals surface area contributed by atoms with Gasteiger partial charge in [-0.25, -0.2) is 4.39 Å². The summed E-state index contributed by atoms with van der Waals surface area (Å²) in [6.07, 6.45) is 0. The largest absolute Gasteiger partial charge is 0.397 e. The molecule has 0 heterocycles. The average Bonchev–Trinajstić information content (AvgIpc) is 2.11. The summed E-state index contributed by atoms with van der Waals surface area (Å²) in [5, 5.41) is -0.0741. The fourth-order valence-electron chi connectivity index (χ4n) is 1.84. The molecule has 1 rings (SSSR count). The van der Waals surface area contributed by atoms with E-state index >= 15 is 0 Å². The Hall–Kier alpha value is -1.16. The molecule has 96 valence electrons. The maximum atomic E-state index is 14.0. The van der Waals surface area contributed by atoms with Crippen molar-refractivity contribution in [1.82, 2.24) is 0 Å². The summed E-state index contributed by atoms with van der Waals surface area (Å²) in [5.74, 6) is -0.559. The van der Waals surface area contributed by atoms with Gasteiger partial charge in [-0.1, -0.05) is 32.4 Å². The predicted molar refractivity (Wildman–Crippen MR) is 73.0 cm³/mol. The van der Waals surface area contributed by atoms with Gasteiger partial charge in [-0.2, -0.15) is 0 Å². The van der Waals surface area contributed by atoms with Gasteiger partial charge in [0.2, 0.25) is 0 Å². The number of hydrogen-bond acceptors (Lipinski definition) is 3. The fourth-order valence-corrected chi connectivity index (χ4v) is 1.98. The van der Waals surface area contributed by atoms with Crippen molar-refractivity contribution in [3.8, 4) is 0 Å². The SMILES string of the molecule is CN(CC(C)(C)C)c1c(N)cc(N)c(Cl)c1F. The van der Waals surface area contributed by atoms with Crippen molar-refractivity contribution < 1.29 is 4.39 Å². The molecule has 0 atom stereocenters. The Kier molecular flexibility index (Phi) is 3.77. The maximum absolute atomic E-state index is 14.0. The number of hydrogen-bond donors (Lipinski definition) is 2. The Balaban J connectivity index is 3.18. The predicted octanol–water partition coefficient (Wildman–Crippen LogP) is 3.13. The Bertz CT molecular complexity index is 427. The van der Waals surface area contributed by atoms with Crippen LogP contribution in [-0.4, -0.2) is 13.6 Å². The topological polar surface area (TPSA) is 55.3 Å². The van der Waals surface area contributed by atoms with Gasteiger partial charge in [0, 0.05) is 13.6 Å². The van der Waals surface area contributed by atoms with E-state index in [0.717, 1.165) is 0 Å². The molecule has 0 aliphatic rings. The molecule has 0 saturated carbocycles. The van der Waals surface area contributed by atoms with E-state index < -0.39 is 5.82 Å². The molecule has 0 aliphatic carbocycles. The van der Waals surface area contributed by atoms with Crippen LogP contribution in [0.5, 0.6) is 0 Å². The smallest absolute Gasteiger partial charge is 0.169 e. The first-order chi connectivity index (χ1) is 7.63. The third-order valence-electron chi connectivity index (χ3n) is 2.33. The van der Waals surface area contributed by atoms with Crippen molar-refractivity contribution in [3.05, 3.63) is 16.9 Å². The summed E-state index contributed by atoms with van der Waals surface area (Å²) >= 11 is 5.79. The van der Waals surface area contributed by atoms with Crippen LogP contribution in [0.1, 0.15) is 20.8 Å². The number of rotatable bonds is 2. The van der Waals surface area contributed by atoms with Gasteiger partial charge in [-0.15, -0.1) is 0 Å². The highest BCUT2D eigenvalue weighted by Crippen LogP contribution is 2.36. The number of nitrogens with two attached hydrogens (primary N) is 2. The van der Waals surface area contributed by atoms with Crippen LogP contribution in [0, 0.1) is 11.2 Å². The van der Waals surface area contributed by atoms with Crippen LogP contribution in [-0.2, 0) is 0 Å². The lowest BCUT2D eigenvalue weighted by molar-refractivity contribution is 0.417. The summed E-state index contributed by atoms with van der Waals surface area (Å²) in [7, 11) is 1.78. The standard InChI is InChI=1S/C12H19ClFN3/c1-12(2,3)6-17(4)11-8(16)5-7(15)9(13)10(11)14/h5H,6,15-16H2,1-4H3. The van der Waals surface area contributed by atoms with Gasteiger partial charge in [0.05, 0.1) is 17.1 Å². The Morgan fingerprint density at radius 3 is 2.29 bits per heavy atom. The highest BCUT2D eigenvalue weighted by atomic mass is 35.5. The molecule has 1 aromatic rings. The van der Waals surface area contributed by atoms with Gasteiger partial charge in [-0.05, 0) is 11.5 Å². The van der Waals surface area contributed by atoms with E-state index in [1.807, 2.05) is 0 Å². The molecule has 1 aromatic carbocycles. The third kappa shape index (κ3) is 3.16. The van der Waals surface area contributed by atoms with E-state index in [-0.39, 0.29) is 16.1 Å². The molecule has 0 bridgehead atoms. The first kappa shape index (κ1) is 13.9. The minimum Gasteiger partial charge on any atom is -0.397 e. The molecule has 0 radical (unpaired) electrons. The highest BCUT2D eigenvalue weighted by molar-refractivity contribution is 6.33. The molecule has 17 heavy (non-hydrogen) atoms. The lowest BCUT2D eigenvalue weighted by Crippen LogP contribution is -2.30. The number of nitrogen functional groups attached to an aromatic ring is 2. The number of benzene rings is 1. The van der Waals surface area contributed by atoms with Gasteiger partial charge >= 0.3 is 0 Å². The van der Waals surface area contributed by atoms with Crippen LogP contribution in [0.4, 0.5) is 21.5 Å². The summed E-state index contributed by atoms with van der Waals surface area (Å²) in [6, 6.07) is 1.49.